The number of carbonyl (C=O) groups excluding carboxylic acids is 1. The van der Waals surface area contributed by atoms with Gasteiger partial charge in [0.1, 0.15) is 11.3 Å². The summed E-state index contributed by atoms with van der Waals surface area (Å²) in [4.78, 5) is 10.8. The van der Waals surface area contributed by atoms with Crippen molar-refractivity contribution in [2.24, 2.45) is 0 Å². The number of allylic oxidation sites excluding steroid dienone is 1. The number of phenolic OH excluding ortho intramolecular Hbond substituents is 1. The van der Waals surface area contributed by atoms with Crippen LogP contribution in [0, 0.1) is 0 Å². The molecule has 1 N–H and O–H groups in total. The molecule has 0 aliphatic heterocycles. The lowest BCUT2D eigenvalue weighted by atomic mass is 10.2. The van der Waals surface area contributed by atoms with Crippen LogP contribution in [0.2, 0.25) is 0 Å². The van der Waals surface area contributed by atoms with Crippen molar-refractivity contribution in [1.82, 2.24) is 0 Å². The topological polar surface area (TPSA) is 59.7 Å². The number of esters is 1. The second-order valence-corrected chi connectivity index (χ2v) is 3.84. The molecule has 2 rings (SSSR count). The van der Waals surface area contributed by atoms with E-state index >= 15 is 0 Å². The van der Waals surface area contributed by atoms with E-state index in [-0.39, 0.29) is 11.5 Å². The maximum absolute atomic E-state index is 10.8. The first-order chi connectivity index (χ1) is 7.97. The Hall–Kier alpha value is -2.23. The first-order valence-corrected chi connectivity index (χ1v) is 5.08. The molecular weight excluding hydrogens is 220 g/mol. The number of benzene rings is 1. The van der Waals surface area contributed by atoms with Crippen LogP contribution in [0.4, 0.5) is 0 Å². The predicted octanol–water partition coefficient (Wildman–Crippen LogP) is 3.10. The molecule has 0 spiro atoms. The lowest BCUT2D eigenvalue weighted by molar-refractivity contribution is -0.132. The van der Waals surface area contributed by atoms with Crippen LogP contribution in [-0.4, -0.2) is 11.1 Å². The van der Waals surface area contributed by atoms with Gasteiger partial charge in [0.05, 0.1) is 0 Å². The highest BCUT2D eigenvalue weighted by atomic mass is 16.5. The van der Waals surface area contributed by atoms with Crippen LogP contribution in [0.25, 0.3) is 16.5 Å². The summed E-state index contributed by atoms with van der Waals surface area (Å²) < 4.78 is 10.3. The third kappa shape index (κ3) is 2.15. The molecule has 4 nitrogen and oxygen atoms in total. The molecule has 0 fully saturated rings. The van der Waals surface area contributed by atoms with E-state index in [0.717, 1.165) is 11.0 Å². The van der Waals surface area contributed by atoms with E-state index in [1.165, 1.54) is 13.0 Å². The maximum Gasteiger partial charge on any atom is 0.308 e. The van der Waals surface area contributed by atoms with Crippen molar-refractivity contribution < 1.29 is 19.1 Å². The molecule has 1 aromatic heterocycles. The van der Waals surface area contributed by atoms with Gasteiger partial charge in [-0.2, -0.15) is 0 Å². The fraction of sp³-hybridized carbons (Fsp3) is 0.154. The van der Waals surface area contributed by atoms with E-state index in [0.29, 0.717) is 11.3 Å². The van der Waals surface area contributed by atoms with Gasteiger partial charge in [-0.1, -0.05) is 6.58 Å². The highest BCUT2D eigenvalue weighted by Gasteiger charge is 2.11. The van der Waals surface area contributed by atoms with E-state index in [1.54, 1.807) is 12.1 Å². The fourth-order valence-corrected chi connectivity index (χ4v) is 1.50. The molecular formula is C13H12O4. The van der Waals surface area contributed by atoms with Gasteiger partial charge in [-0.25, -0.2) is 0 Å². The van der Waals surface area contributed by atoms with Gasteiger partial charge in [-0.05, 0) is 24.6 Å². The van der Waals surface area contributed by atoms with Crippen LogP contribution in [0.5, 0.6) is 11.5 Å². The number of fused-ring (bicyclic) bond motifs is 1. The third-order valence-electron chi connectivity index (χ3n) is 2.27. The Balaban J connectivity index is 2.55. The van der Waals surface area contributed by atoms with Gasteiger partial charge >= 0.3 is 5.97 Å². The summed E-state index contributed by atoms with van der Waals surface area (Å²) in [7, 11) is 0. The molecule has 17 heavy (non-hydrogen) atoms. The summed E-state index contributed by atoms with van der Waals surface area (Å²) in [5.41, 5.74) is 1.31. The Labute approximate surface area is 98.1 Å². The second kappa shape index (κ2) is 3.97. The van der Waals surface area contributed by atoms with Crippen LogP contribution < -0.4 is 4.74 Å². The Bertz CT molecular complexity index is 607. The molecule has 4 heteroatoms. The summed E-state index contributed by atoms with van der Waals surface area (Å²) in [6, 6.07) is 4.76. The second-order valence-electron chi connectivity index (χ2n) is 3.84. The van der Waals surface area contributed by atoms with E-state index in [1.807, 2.05) is 6.92 Å². The molecule has 0 bridgehead atoms. The Kier molecular flexibility index (Phi) is 2.63. The molecule has 0 aliphatic rings. The van der Waals surface area contributed by atoms with Crippen molar-refractivity contribution in [1.29, 1.82) is 0 Å². The lowest BCUT2D eigenvalue weighted by Gasteiger charge is -2.03. The van der Waals surface area contributed by atoms with Crippen molar-refractivity contribution in [3.05, 3.63) is 30.5 Å². The largest absolute Gasteiger partial charge is 0.504 e. The minimum atomic E-state index is -0.483. The van der Waals surface area contributed by atoms with E-state index in [9.17, 15) is 9.90 Å². The number of carbonyl (C=O) groups is 1. The molecule has 2 aromatic rings. The van der Waals surface area contributed by atoms with Gasteiger partial charge in [0, 0.05) is 18.4 Å². The maximum atomic E-state index is 10.8. The quantitative estimate of drug-likeness (QED) is 0.638. The zero-order valence-corrected chi connectivity index (χ0v) is 9.61. The van der Waals surface area contributed by atoms with Gasteiger partial charge in [0.2, 0.25) is 0 Å². The summed E-state index contributed by atoms with van der Waals surface area (Å²) in [5.74, 6) is 0.150. The van der Waals surface area contributed by atoms with E-state index in [2.05, 4.69) is 6.58 Å². The first-order valence-electron chi connectivity index (χ1n) is 5.08. The monoisotopic (exact) mass is 232 g/mol. The minimum absolute atomic E-state index is 0.124. The normalized spacial score (nSPS) is 10.5. The zero-order chi connectivity index (χ0) is 12.6. The average molecular weight is 232 g/mol. The molecule has 0 saturated heterocycles. The molecule has 0 unspecified atom stereocenters. The Morgan fingerprint density at radius 3 is 2.65 bits per heavy atom. The van der Waals surface area contributed by atoms with Crippen LogP contribution in [0.3, 0.4) is 0 Å². The van der Waals surface area contributed by atoms with Gasteiger partial charge in [0.25, 0.3) is 0 Å². The molecule has 88 valence electrons. The van der Waals surface area contributed by atoms with E-state index in [4.69, 9.17) is 9.15 Å². The standard InChI is InChI=1S/C13H12O4/c1-7(2)11-4-9-5-13(16-8(3)14)10(15)6-12(9)17-11/h4-6,15H,1H2,2-3H3. The van der Waals surface area contributed by atoms with Crippen molar-refractivity contribution in [2.75, 3.05) is 0 Å². The van der Waals surface area contributed by atoms with Crippen LogP contribution >= 0.6 is 0 Å². The third-order valence-corrected chi connectivity index (χ3v) is 2.27. The number of furan rings is 1. The summed E-state index contributed by atoms with van der Waals surface area (Å²) in [5, 5.41) is 10.4. The number of aromatic hydroxyl groups is 1. The summed E-state index contributed by atoms with van der Waals surface area (Å²) in [6.07, 6.45) is 0. The van der Waals surface area contributed by atoms with Gasteiger partial charge in [-0.15, -0.1) is 0 Å². The van der Waals surface area contributed by atoms with E-state index < -0.39 is 5.97 Å². The number of hydrogen-bond donors (Lipinski definition) is 1. The number of phenols is 1. The van der Waals surface area contributed by atoms with Crippen molar-refractivity contribution in [3.8, 4) is 11.5 Å². The highest BCUT2D eigenvalue weighted by molar-refractivity contribution is 5.85. The van der Waals surface area contributed by atoms with Gasteiger partial charge < -0.3 is 14.3 Å². The predicted molar refractivity (Wildman–Crippen MR) is 63.9 cm³/mol. The highest BCUT2D eigenvalue weighted by Crippen LogP contribution is 2.34. The summed E-state index contributed by atoms with van der Waals surface area (Å²) >= 11 is 0. The van der Waals surface area contributed by atoms with Gasteiger partial charge in [-0.3, -0.25) is 4.79 Å². The fourth-order valence-electron chi connectivity index (χ4n) is 1.50. The molecule has 1 heterocycles. The SMILES string of the molecule is C=C(C)c1cc2cc(OC(C)=O)c(O)cc2o1. The zero-order valence-electron chi connectivity index (χ0n) is 9.61. The van der Waals surface area contributed by atoms with Crippen LogP contribution in [0.1, 0.15) is 19.6 Å². The number of rotatable bonds is 2. The molecule has 1 aromatic carbocycles. The van der Waals surface area contributed by atoms with Crippen LogP contribution in [0.15, 0.2) is 29.2 Å². The Morgan fingerprint density at radius 1 is 1.35 bits per heavy atom. The van der Waals surface area contributed by atoms with Crippen molar-refractivity contribution in [3.63, 3.8) is 0 Å². The molecule has 0 saturated carbocycles. The lowest BCUT2D eigenvalue weighted by Crippen LogP contribution is -2.01. The van der Waals surface area contributed by atoms with Gasteiger partial charge in [0.15, 0.2) is 11.5 Å². The Morgan fingerprint density at radius 2 is 2.06 bits per heavy atom. The van der Waals surface area contributed by atoms with Crippen LogP contribution in [-0.2, 0) is 4.79 Å². The van der Waals surface area contributed by atoms with Crippen molar-refractivity contribution >= 4 is 22.5 Å². The molecule has 0 radical (unpaired) electrons. The minimum Gasteiger partial charge on any atom is -0.504 e. The number of hydrogen-bond acceptors (Lipinski definition) is 4. The first kappa shape index (κ1) is 11.3. The molecule has 0 amide bonds. The summed E-state index contributed by atoms with van der Waals surface area (Å²) in [6.45, 7) is 6.87. The molecule has 0 aliphatic carbocycles. The molecule has 0 atom stereocenters. The van der Waals surface area contributed by atoms with Crippen molar-refractivity contribution in [2.45, 2.75) is 13.8 Å². The number of ether oxygens (including phenoxy) is 1. The smallest absolute Gasteiger partial charge is 0.308 e. The average Bonchev–Trinajstić information content (AvgIpc) is 2.60.